The molecular formula is C17H33N3O. The quantitative estimate of drug-likeness (QED) is 0.835. The van der Waals surface area contributed by atoms with Gasteiger partial charge in [-0.15, -0.1) is 0 Å². The van der Waals surface area contributed by atoms with E-state index in [1.165, 1.54) is 51.7 Å². The van der Waals surface area contributed by atoms with Gasteiger partial charge in [0, 0.05) is 50.9 Å². The van der Waals surface area contributed by atoms with Crippen LogP contribution in [0.3, 0.4) is 0 Å². The highest BCUT2D eigenvalue weighted by Crippen LogP contribution is 2.25. The lowest BCUT2D eigenvalue weighted by Crippen LogP contribution is -2.61. The van der Waals surface area contributed by atoms with E-state index >= 15 is 0 Å². The summed E-state index contributed by atoms with van der Waals surface area (Å²) in [5, 5.41) is 3.64. The highest BCUT2D eigenvalue weighted by molar-refractivity contribution is 4.91. The van der Waals surface area contributed by atoms with Crippen LogP contribution in [-0.4, -0.2) is 73.4 Å². The molecule has 4 nitrogen and oxygen atoms in total. The van der Waals surface area contributed by atoms with Gasteiger partial charge in [-0.1, -0.05) is 6.42 Å². The van der Waals surface area contributed by atoms with Gasteiger partial charge in [-0.05, 0) is 46.1 Å². The van der Waals surface area contributed by atoms with Crippen LogP contribution < -0.4 is 5.32 Å². The molecule has 21 heavy (non-hydrogen) atoms. The maximum absolute atomic E-state index is 5.69. The highest BCUT2D eigenvalue weighted by Gasteiger charge is 2.34. The third kappa shape index (κ3) is 3.98. The minimum atomic E-state index is 0.463. The van der Waals surface area contributed by atoms with Crippen molar-refractivity contribution in [1.82, 2.24) is 15.1 Å². The Labute approximate surface area is 130 Å². The van der Waals surface area contributed by atoms with E-state index < -0.39 is 0 Å². The Bertz CT molecular complexity index is 319. The predicted octanol–water partition coefficient (Wildman–Crippen LogP) is 1.70. The molecule has 4 atom stereocenters. The van der Waals surface area contributed by atoms with E-state index in [1.807, 2.05) is 0 Å². The van der Waals surface area contributed by atoms with E-state index in [0.717, 1.165) is 25.7 Å². The molecule has 122 valence electrons. The molecule has 4 unspecified atom stereocenters. The Morgan fingerprint density at radius 3 is 2.90 bits per heavy atom. The normalized spacial score (nSPS) is 36.6. The van der Waals surface area contributed by atoms with Gasteiger partial charge in [-0.3, -0.25) is 9.80 Å². The monoisotopic (exact) mass is 295 g/mol. The molecule has 0 bridgehead atoms. The van der Waals surface area contributed by atoms with Gasteiger partial charge in [0.25, 0.3) is 0 Å². The smallest absolute Gasteiger partial charge is 0.0700 e. The standard InChI is InChI=1S/C17H33N3O/c1-14(10-18-11-17-7-5-9-21-17)20-13-16-6-3-4-8-19(16)12-15(20)2/h14-18H,3-13H2,1-2H3. The first kappa shape index (κ1) is 15.7. The van der Waals surface area contributed by atoms with Crippen LogP contribution in [0.25, 0.3) is 0 Å². The van der Waals surface area contributed by atoms with Crippen molar-refractivity contribution in [2.45, 2.75) is 70.2 Å². The molecule has 0 aromatic carbocycles. The number of fused-ring (bicyclic) bond motifs is 1. The summed E-state index contributed by atoms with van der Waals surface area (Å²) in [6.45, 7) is 11.7. The Balaban J connectivity index is 1.43. The van der Waals surface area contributed by atoms with Crippen molar-refractivity contribution in [3.8, 4) is 0 Å². The van der Waals surface area contributed by atoms with Crippen molar-refractivity contribution in [2.75, 3.05) is 39.3 Å². The summed E-state index contributed by atoms with van der Waals surface area (Å²) in [6, 6.07) is 2.14. The van der Waals surface area contributed by atoms with Crippen LogP contribution >= 0.6 is 0 Å². The van der Waals surface area contributed by atoms with Gasteiger partial charge in [-0.2, -0.15) is 0 Å². The number of hydrogen-bond acceptors (Lipinski definition) is 4. The Kier molecular flexibility index (Phi) is 5.54. The minimum Gasteiger partial charge on any atom is -0.377 e. The van der Waals surface area contributed by atoms with Crippen LogP contribution in [0.1, 0.15) is 46.0 Å². The summed E-state index contributed by atoms with van der Waals surface area (Å²) in [5.41, 5.74) is 0. The van der Waals surface area contributed by atoms with Crippen LogP contribution in [0, 0.1) is 0 Å². The maximum atomic E-state index is 5.69. The van der Waals surface area contributed by atoms with E-state index in [-0.39, 0.29) is 0 Å². The molecule has 3 fully saturated rings. The second-order valence-corrected chi connectivity index (χ2v) is 7.33. The van der Waals surface area contributed by atoms with Gasteiger partial charge in [0.2, 0.25) is 0 Å². The lowest BCUT2D eigenvalue weighted by atomic mass is 9.96. The summed E-state index contributed by atoms with van der Waals surface area (Å²) >= 11 is 0. The predicted molar refractivity (Wildman–Crippen MR) is 86.7 cm³/mol. The summed E-state index contributed by atoms with van der Waals surface area (Å²) in [5.74, 6) is 0. The Morgan fingerprint density at radius 2 is 2.10 bits per heavy atom. The number of hydrogen-bond donors (Lipinski definition) is 1. The van der Waals surface area contributed by atoms with Crippen LogP contribution in [-0.2, 0) is 4.74 Å². The first-order valence-corrected chi connectivity index (χ1v) is 9.06. The SMILES string of the molecule is CC(CNCC1CCCO1)N1CC2CCCCN2CC1C. The van der Waals surface area contributed by atoms with Gasteiger partial charge in [0.05, 0.1) is 6.10 Å². The maximum Gasteiger partial charge on any atom is 0.0700 e. The third-order valence-electron chi connectivity index (χ3n) is 5.64. The van der Waals surface area contributed by atoms with Crippen molar-refractivity contribution in [2.24, 2.45) is 0 Å². The topological polar surface area (TPSA) is 27.7 Å². The van der Waals surface area contributed by atoms with E-state index in [1.54, 1.807) is 0 Å². The fourth-order valence-electron chi connectivity index (χ4n) is 4.36. The second kappa shape index (κ2) is 7.40. The molecular weight excluding hydrogens is 262 g/mol. The van der Waals surface area contributed by atoms with Crippen LogP contribution in [0.5, 0.6) is 0 Å². The molecule has 0 amide bonds. The lowest BCUT2D eigenvalue weighted by molar-refractivity contribution is -0.00435. The molecule has 0 radical (unpaired) electrons. The van der Waals surface area contributed by atoms with E-state index in [0.29, 0.717) is 18.2 Å². The molecule has 0 aromatic heterocycles. The van der Waals surface area contributed by atoms with Crippen LogP contribution in [0.2, 0.25) is 0 Å². The van der Waals surface area contributed by atoms with E-state index in [9.17, 15) is 0 Å². The molecule has 0 saturated carbocycles. The van der Waals surface area contributed by atoms with Crippen molar-refractivity contribution in [3.63, 3.8) is 0 Å². The first-order valence-electron chi connectivity index (χ1n) is 9.06. The van der Waals surface area contributed by atoms with Gasteiger partial charge < -0.3 is 10.1 Å². The average Bonchev–Trinajstić information content (AvgIpc) is 2.99. The molecule has 0 aromatic rings. The number of piperazine rings is 1. The lowest BCUT2D eigenvalue weighted by Gasteiger charge is -2.49. The first-order chi connectivity index (χ1) is 10.2. The van der Waals surface area contributed by atoms with Gasteiger partial charge in [0.1, 0.15) is 0 Å². The van der Waals surface area contributed by atoms with Crippen molar-refractivity contribution in [3.05, 3.63) is 0 Å². The third-order valence-corrected chi connectivity index (χ3v) is 5.64. The summed E-state index contributed by atoms with van der Waals surface area (Å²) in [7, 11) is 0. The number of nitrogens with one attached hydrogen (secondary N) is 1. The number of rotatable bonds is 5. The average molecular weight is 295 g/mol. The van der Waals surface area contributed by atoms with Crippen LogP contribution in [0.4, 0.5) is 0 Å². The minimum absolute atomic E-state index is 0.463. The fraction of sp³-hybridized carbons (Fsp3) is 1.00. The number of piperidine rings is 1. The molecule has 0 spiro atoms. The molecule has 3 saturated heterocycles. The van der Waals surface area contributed by atoms with Gasteiger partial charge in [0.15, 0.2) is 0 Å². The van der Waals surface area contributed by atoms with E-state index in [2.05, 4.69) is 29.0 Å². The summed E-state index contributed by atoms with van der Waals surface area (Å²) < 4.78 is 5.69. The molecule has 3 rings (SSSR count). The molecule has 3 heterocycles. The largest absolute Gasteiger partial charge is 0.377 e. The zero-order valence-electron chi connectivity index (χ0n) is 13.9. The van der Waals surface area contributed by atoms with Crippen LogP contribution in [0.15, 0.2) is 0 Å². The van der Waals surface area contributed by atoms with Crippen molar-refractivity contribution >= 4 is 0 Å². The molecule has 1 N–H and O–H groups in total. The van der Waals surface area contributed by atoms with Gasteiger partial charge in [-0.25, -0.2) is 0 Å². The zero-order valence-corrected chi connectivity index (χ0v) is 13.9. The molecule has 3 aliphatic heterocycles. The summed E-state index contributed by atoms with van der Waals surface area (Å²) in [6.07, 6.45) is 7.17. The Hall–Kier alpha value is -0.160. The van der Waals surface area contributed by atoms with Crippen molar-refractivity contribution in [1.29, 1.82) is 0 Å². The molecule has 4 heteroatoms. The second-order valence-electron chi connectivity index (χ2n) is 7.33. The zero-order chi connectivity index (χ0) is 14.7. The number of ether oxygens (including phenoxy) is 1. The van der Waals surface area contributed by atoms with Gasteiger partial charge >= 0.3 is 0 Å². The number of nitrogens with zero attached hydrogens (tertiary/aromatic N) is 2. The van der Waals surface area contributed by atoms with Crippen molar-refractivity contribution < 1.29 is 4.74 Å². The Morgan fingerprint density at radius 1 is 1.19 bits per heavy atom. The highest BCUT2D eigenvalue weighted by atomic mass is 16.5. The van der Waals surface area contributed by atoms with E-state index in [4.69, 9.17) is 4.74 Å². The fourth-order valence-corrected chi connectivity index (χ4v) is 4.36. The molecule has 0 aliphatic carbocycles. The molecule has 3 aliphatic rings. The summed E-state index contributed by atoms with van der Waals surface area (Å²) in [4.78, 5) is 5.46.